The molecule has 1 unspecified atom stereocenters. The molecule has 0 aromatic heterocycles. The quantitative estimate of drug-likeness (QED) is 0.783. The predicted octanol–water partition coefficient (Wildman–Crippen LogP) is 0.423. The van der Waals surface area contributed by atoms with Crippen molar-refractivity contribution in [1.29, 1.82) is 0 Å². The average Bonchev–Trinajstić information content (AvgIpc) is 2.87. The van der Waals surface area contributed by atoms with Crippen molar-refractivity contribution in [2.24, 2.45) is 0 Å². The van der Waals surface area contributed by atoms with E-state index in [1.807, 2.05) is 0 Å². The van der Waals surface area contributed by atoms with Crippen molar-refractivity contribution in [3.8, 4) is 5.75 Å². The van der Waals surface area contributed by atoms with E-state index in [9.17, 15) is 13.5 Å². The summed E-state index contributed by atoms with van der Waals surface area (Å²) in [6.45, 7) is 0.244. The summed E-state index contributed by atoms with van der Waals surface area (Å²) < 4.78 is 31.4. The molecule has 1 heterocycles. The Morgan fingerprint density at radius 3 is 2.84 bits per heavy atom. The number of nitrogen functional groups attached to an aromatic ring is 1. The van der Waals surface area contributed by atoms with E-state index < -0.39 is 10.0 Å². The molecule has 0 radical (unpaired) electrons. The minimum absolute atomic E-state index is 0.0636. The minimum Gasteiger partial charge on any atom is -0.497 e. The number of aliphatic hydroxyl groups excluding tert-OH is 1. The van der Waals surface area contributed by atoms with E-state index in [1.165, 1.54) is 23.5 Å². The third kappa shape index (κ3) is 2.54. The molecule has 1 aromatic rings. The van der Waals surface area contributed by atoms with Crippen LogP contribution in [0.4, 0.5) is 5.69 Å². The van der Waals surface area contributed by atoms with Gasteiger partial charge in [0.05, 0.1) is 19.4 Å². The molecule has 3 N–H and O–H groups in total. The highest BCUT2D eigenvalue weighted by atomic mass is 32.2. The molecule has 2 rings (SSSR count). The molecular formula is C12H18N2O4S. The van der Waals surface area contributed by atoms with E-state index in [0.717, 1.165) is 6.42 Å². The van der Waals surface area contributed by atoms with Gasteiger partial charge in [-0.1, -0.05) is 0 Å². The van der Waals surface area contributed by atoms with Crippen LogP contribution in [0.1, 0.15) is 12.8 Å². The highest BCUT2D eigenvalue weighted by Crippen LogP contribution is 2.30. The second-order valence-electron chi connectivity index (χ2n) is 4.50. The monoisotopic (exact) mass is 286 g/mol. The maximum Gasteiger partial charge on any atom is 0.245 e. The fourth-order valence-electron chi connectivity index (χ4n) is 2.32. The summed E-state index contributed by atoms with van der Waals surface area (Å²) in [5.74, 6) is 0.511. The summed E-state index contributed by atoms with van der Waals surface area (Å²) in [7, 11) is -2.17. The molecule has 1 aliphatic heterocycles. The number of nitrogens with zero attached hydrogens (tertiary/aromatic N) is 1. The van der Waals surface area contributed by atoms with E-state index in [0.29, 0.717) is 18.7 Å². The topological polar surface area (TPSA) is 92.9 Å². The van der Waals surface area contributed by atoms with Crippen molar-refractivity contribution in [1.82, 2.24) is 4.31 Å². The summed E-state index contributed by atoms with van der Waals surface area (Å²) in [6.07, 6.45) is 1.42. The zero-order valence-electron chi connectivity index (χ0n) is 10.7. The fourth-order valence-corrected chi connectivity index (χ4v) is 4.11. The Kier molecular flexibility index (Phi) is 3.98. The van der Waals surface area contributed by atoms with Gasteiger partial charge in [0, 0.05) is 18.7 Å². The third-order valence-corrected chi connectivity index (χ3v) is 5.36. The Morgan fingerprint density at radius 1 is 1.53 bits per heavy atom. The van der Waals surface area contributed by atoms with Gasteiger partial charge in [-0.3, -0.25) is 0 Å². The molecule has 1 atom stereocenters. The van der Waals surface area contributed by atoms with E-state index >= 15 is 0 Å². The number of ether oxygens (including phenoxy) is 1. The number of sulfonamides is 1. The molecule has 6 nitrogen and oxygen atoms in total. The third-order valence-electron chi connectivity index (χ3n) is 3.34. The lowest BCUT2D eigenvalue weighted by Gasteiger charge is -2.23. The molecule has 0 saturated carbocycles. The van der Waals surface area contributed by atoms with Crippen molar-refractivity contribution in [2.75, 3.05) is 26.0 Å². The van der Waals surface area contributed by atoms with E-state index in [-0.39, 0.29) is 23.2 Å². The fraction of sp³-hybridized carbons (Fsp3) is 0.500. The Labute approximate surface area is 112 Å². The summed E-state index contributed by atoms with van der Waals surface area (Å²) >= 11 is 0. The number of aliphatic hydroxyl groups is 1. The van der Waals surface area contributed by atoms with E-state index in [1.54, 1.807) is 6.07 Å². The highest BCUT2D eigenvalue weighted by molar-refractivity contribution is 7.89. The number of methoxy groups -OCH3 is 1. The van der Waals surface area contributed by atoms with Gasteiger partial charge in [0.25, 0.3) is 0 Å². The molecule has 1 aromatic carbocycles. The van der Waals surface area contributed by atoms with Crippen LogP contribution in [-0.2, 0) is 10.0 Å². The molecule has 0 aliphatic carbocycles. The molecule has 0 spiro atoms. The Hall–Kier alpha value is -1.31. The van der Waals surface area contributed by atoms with E-state index in [4.69, 9.17) is 10.5 Å². The molecular weight excluding hydrogens is 268 g/mol. The van der Waals surface area contributed by atoms with Gasteiger partial charge in [-0.05, 0) is 25.0 Å². The first-order valence-corrected chi connectivity index (χ1v) is 7.51. The molecule has 0 bridgehead atoms. The van der Waals surface area contributed by atoms with Gasteiger partial charge in [0.1, 0.15) is 10.6 Å². The summed E-state index contributed by atoms with van der Waals surface area (Å²) in [6, 6.07) is 4.13. The number of nitrogens with two attached hydrogens (primary N) is 1. The van der Waals surface area contributed by atoms with Crippen molar-refractivity contribution in [3.63, 3.8) is 0 Å². The van der Waals surface area contributed by atoms with Crippen LogP contribution in [-0.4, -0.2) is 44.1 Å². The lowest BCUT2D eigenvalue weighted by atomic mass is 10.2. The first-order chi connectivity index (χ1) is 9.00. The first-order valence-electron chi connectivity index (χ1n) is 6.07. The van der Waals surface area contributed by atoms with Gasteiger partial charge in [0.15, 0.2) is 0 Å². The molecule has 19 heavy (non-hydrogen) atoms. The molecule has 1 aliphatic rings. The Morgan fingerprint density at radius 2 is 2.26 bits per heavy atom. The lowest BCUT2D eigenvalue weighted by molar-refractivity contribution is 0.213. The van der Waals surface area contributed by atoms with Crippen LogP contribution in [0, 0.1) is 0 Å². The number of anilines is 1. The van der Waals surface area contributed by atoms with Crippen LogP contribution in [0.5, 0.6) is 5.75 Å². The molecule has 7 heteroatoms. The highest BCUT2D eigenvalue weighted by Gasteiger charge is 2.35. The second kappa shape index (κ2) is 5.36. The number of benzene rings is 1. The first kappa shape index (κ1) is 14.1. The molecule has 106 valence electrons. The summed E-state index contributed by atoms with van der Waals surface area (Å²) in [4.78, 5) is 0.0636. The van der Waals surface area contributed by atoms with Gasteiger partial charge in [-0.2, -0.15) is 4.31 Å². The second-order valence-corrected chi connectivity index (χ2v) is 6.36. The average molecular weight is 286 g/mol. The van der Waals surface area contributed by atoms with Crippen molar-refractivity contribution < 1.29 is 18.3 Å². The maximum atomic E-state index is 12.5. The Bertz CT molecular complexity index is 559. The van der Waals surface area contributed by atoms with Crippen molar-refractivity contribution >= 4 is 15.7 Å². The normalized spacial score (nSPS) is 20.6. The van der Waals surface area contributed by atoms with Crippen LogP contribution in [0.15, 0.2) is 23.1 Å². The van der Waals surface area contributed by atoms with E-state index in [2.05, 4.69) is 0 Å². The van der Waals surface area contributed by atoms with Crippen LogP contribution in [0.3, 0.4) is 0 Å². The van der Waals surface area contributed by atoms with Crippen molar-refractivity contribution in [3.05, 3.63) is 18.2 Å². The molecule has 1 fully saturated rings. The molecule has 1 saturated heterocycles. The van der Waals surface area contributed by atoms with Crippen LogP contribution < -0.4 is 10.5 Å². The smallest absolute Gasteiger partial charge is 0.245 e. The van der Waals surface area contributed by atoms with Crippen LogP contribution in [0.25, 0.3) is 0 Å². The minimum atomic E-state index is -3.66. The number of hydrogen-bond acceptors (Lipinski definition) is 5. The van der Waals surface area contributed by atoms with Crippen LogP contribution in [0.2, 0.25) is 0 Å². The SMILES string of the molecule is COc1ccc(S(=O)(=O)N2CCCC2CO)c(N)c1. The lowest BCUT2D eigenvalue weighted by Crippen LogP contribution is -2.37. The largest absolute Gasteiger partial charge is 0.497 e. The summed E-state index contributed by atoms with van der Waals surface area (Å²) in [5, 5.41) is 9.24. The molecule has 0 amide bonds. The van der Waals surface area contributed by atoms with Gasteiger partial charge in [-0.25, -0.2) is 8.42 Å². The number of hydrogen-bond donors (Lipinski definition) is 2. The van der Waals surface area contributed by atoms with Gasteiger partial charge in [-0.15, -0.1) is 0 Å². The van der Waals surface area contributed by atoms with Gasteiger partial charge in [0.2, 0.25) is 10.0 Å². The van der Waals surface area contributed by atoms with Gasteiger partial charge >= 0.3 is 0 Å². The van der Waals surface area contributed by atoms with Crippen molar-refractivity contribution in [2.45, 2.75) is 23.8 Å². The standard InChI is InChI=1S/C12H18N2O4S/c1-18-10-4-5-12(11(13)7-10)19(16,17)14-6-2-3-9(14)8-15/h4-5,7,9,15H,2-3,6,8,13H2,1H3. The van der Waals surface area contributed by atoms with Crippen LogP contribution >= 0.6 is 0 Å². The van der Waals surface area contributed by atoms with Gasteiger partial charge < -0.3 is 15.6 Å². The zero-order valence-corrected chi connectivity index (χ0v) is 11.6. The maximum absolute atomic E-state index is 12.5. The Balaban J connectivity index is 2.39. The predicted molar refractivity (Wildman–Crippen MR) is 71.4 cm³/mol. The number of rotatable bonds is 4. The summed E-state index contributed by atoms with van der Waals surface area (Å²) in [5.41, 5.74) is 5.94. The zero-order chi connectivity index (χ0) is 14.0.